The summed E-state index contributed by atoms with van der Waals surface area (Å²) < 4.78 is 0. The quantitative estimate of drug-likeness (QED) is 0.782. The molecule has 0 aromatic rings. The highest BCUT2D eigenvalue weighted by Gasteiger charge is 2.29. The summed E-state index contributed by atoms with van der Waals surface area (Å²) in [6.07, 6.45) is 3.58. The maximum atomic E-state index is 12.0. The standard InChI is InChI=1S/C12H24N2O.ClH/c1-4-7-14(8-10-5-6-10)12(15)11(13)9(2)3;/h9-11H,4-8,13H2,1-3H3;1H. The lowest BCUT2D eigenvalue weighted by atomic mass is 10.0. The van der Waals surface area contributed by atoms with Gasteiger partial charge in [0, 0.05) is 13.1 Å². The van der Waals surface area contributed by atoms with E-state index in [2.05, 4.69) is 6.92 Å². The molecule has 0 saturated heterocycles. The van der Waals surface area contributed by atoms with E-state index in [4.69, 9.17) is 5.73 Å². The van der Waals surface area contributed by atoms with Gasteiger partial charge in [0.1, 0.15) is 0 Å². The molecule has 0 aromatic heterocycles. The van der Waals surface area contributed by atoms with Gasteiger partial charge in [-0.2, -0.15) is 0 Å². The Bertz CT molecular complexity index is 217. The van der Waals surface area contributed by atoms with E-state index in [9.17, 15) is 4.79 Å². The fraction of sp³-hybridized carbons (Fsp3) is 0.917. The highest BCUT2D eigenvalue weighted by atomic mass is 35.5. The number of halogens is 1. The summed E-state index contributed by atoms with van der Waals surface area (Å²) in [5.74, 6) is 1.12. The molecule has 1 rings (SSSR count). The van der Waals surface area contributed by atoms with Crippen molar-refractivity contribution in [1.82, 2.24) is 4.90 Å². The zero-order valence-corrected chi connectivity index (χ0v) is 11.4. The van der Waals surface area contributed by atoms with E-state index in [0.29, 0.717) is 0 Å². The Morgan fingerprint density at radius 3 is 2.38 bits per heavy atom. The van der Waals surface area contributed by atoms with Gasteiger partial charge in [0.05, 0.1) is 6.04 Å². The number of rotatable bonds is 6. The van der Waals surface area contributed by atoms with Crippen molar-refractivity contribution in [1.29, 1.82) is 0 Å². The summed E-state index contributed by atoms with van der Waals surface area (Å²) in [6.45, 7) is 7.89. The average molecular weight is 249 g/mol. The van der Waals surface area contributed by atoms with Gasteiger partial charge >= 0.3 is 0 Å². The van der Waals surface area contributed by atoms with Crippen LogP contribution in [-0.2, 0) is 4.79 Å². The van der Waals surface area contributed by atoms with Gasteiger partial charge in [0.15, 0.2) is 0 Å². The van der Waals surface area contributed by atoms with Gasteiger partial charge in [-0.3, -0.25) is 4.79 Å². The van der Waals surface area contributed by atoms with Crippen LogP contribution in [-0.4, -0.2) is 29.9 Å². The van der Waals surface area contributed by atoms with Gasteiger partial charge in [0.25, 0.3) is 0 Å². The van der Waals surface area contributed by atoms with Crippen LogP contribution >= 0.6 is 12.4 Å². The molecule has 0 bridgehead atoms. The Morgan fingerprint density at radius 1 is 1.44 bits per heavy atom. The lowest BCUT2D eigenvalue weighted by molar-refractivity contribution is -0.133. The number of nitrogens with two attached hydrogens (primary N) is 1. The molecule has 1 amide bonds. The minimum atomic E-state index is -0.324. The maximum absolute atomic E-state index is 12.0. The average Bonchev–Trinajstić information content (AvgIpc) is 2.98. The summed E-state index contributed by atoms with van der Waals surface area (Å²) >= 11 is 0. The summed E-state index contributed by atoms with van der Waals surface area (Å²) in [5.41, 5.74) is 5.90. The Morgan fingerprint density at radius 2 is 2.00 bits per heavy atom. The van der Waals surface area contributed by atoms with Crippen LogP contribution in [0.1, 0.15) is 40.0 Å². The van der Waals surface area contributed by atoms with Crippen molar-refractivity contribution >= 4 is 18.3 Å². The Balaban J connectivity index is 0.00000225. The van der Waals surface area contributed by atoms with Crippen molar-refractivity contribution in [2.24, 2.45) is 17.6 Å². The second kappa shape index (κ2) is 7.13. The topological polar surface area (TPSA) is 46.3 Å². The first-order valence-electron chi connectivity index (χ1n) is 6.10. The molecule has 16 heavy (non-hydrogen) atoms. The van der Waals surface area contributed by atoms with Crippen LogP contribution in [0.3, 0.4) is 0 Å². The number of carbonyl (C=O) groups is 1. The van der Waals surface area contributed by atoms with Crippen molar-refractivity contribution in [2.75, 3.05) is 13.1 Å². The second-order valence-corrected chi connectivity index (χ2v) is 5.00. The number of nitrogens with zero attached hydrogens (tertiary/aromatic N) is 1. The van der Waals surface area contributed by atoms with Gasteiger partial charge < -0.3 is 10.6 Å². The molecule has 0 spiro atoms. The highest BCUT2D eigenvalue weighted by molar-refractivity contribution is 5.85. The first-order valence-corrected chi connectivity index (χ1v) is 6.10. The zero-order chi connectivity index (χ0) is 11.4. The van der Waals surface area contributed by atoms with Gasteiger partial charge in [0.2, 0.25) is 5.91 Å². The third-order valence-electron chi connectivity index (χ3n) is 2.98. The van der Waals surface area contributed by atoms with E-state index in [-0.39, 0.29) is 30.3 Å². The van der Waals surface area contributed by atoms with E-state index in [1.54, 1.807) is 0 Å². The molecular formula is C12H25ClN2O. The molecule has 3 nitrogen and oxygen atoms in total. The molecule has 0 heterocycles. The van der Waals surface area contributed by atoms with Gasteiger partial charge in [-0.1, -0.05) is 20.8 Å². The molecule has 2 N–H and O–H groups in total. The van der Waals surface area contributed by atoms with E-state index < -0.39 is 0 Å². The Hall–Kier alpha value is -0.280. The zero-order valence-electron chi connectivity index (χ0n) is 10.6. The minimum absolute atomic E-state index is 0. The van der Waals surface area contributed by atoms with Gasteiger partial charge in [-0.25, -0.2) is 0 Å². The van der Waals surface area contributed by atoms with Crippen molar-refractivity contribution in [3.05, 3.63) is 0 Å². The normalized spacial score (nSPS) is 16.8. The fourth-order valence-electron chi connectivity index (χ4n) is 1.67. The Kier molecular flexibility index (Phi) is 7.00. The predicted molar refractivity (Wildman–Crippen MR) is 69.7 cm³/mol. The van der Waals surface area contributed by atoms with Crippen molar-refractivity contribution in [2.45, 2.75) is 46.1 Å². The molecule has 1 fully saturated rings. The smallest absolute Gasteiger partial charge is 0.239 e. The van der Waals surface area contributed by atoms with Crippen molar-refractivity contribution < 1.29 is 4.79 Å². The number of carbonyl (C=O) groups excluding carboxylic acids is 1. The van der Waals surface area contributed by atoms with Gasteiger partial charge in [-0.05, 0) is 31.1 Å². The van der Waals surface area contributed by atoms with Crippen LogP contribution in [0.5, 0.6) is 0 Å². The molecule has 4 heteroatoms. The predicted octanol–water partition coefficient (Wildman–Crippen LogP) is 2.04. The van der Waals surface area contributed by atoms with E-state index in [1.165, 1.54) is 12.8 Å². The highest BCUT2D eigenvalue weighted by Crippen LogP contribution is 2.30. The Labute approximate surface area is 105 Å². The lowest BCUT2D eigenvalue weighted by Gasteiger charge is -2.27. The molecular weight excluding hydrogens is 224 g/mol. The second-order valence-electron chi connectivity index (χ2n) is 5.00. The first kappa shape index (κ1) is 15.7. The molecule has 0 radical (unpaired) electrons. The van der Waals surface area contributed by atoms with Crippen LogP contribution in [0.15, 0.2) is 0 Å². The van der Waals surface area contributed by atoms with Crippen LogP contribution in [0, 0.1) is 11.8 Å². The molecule has 96 valence electrons. The van der Waals surface area contributed by atoms with E-state index >= 15 is 0 Å². The van der Waals surface area contributed by atoms with Crippen molar-refractivity contribution in [3.8, 4) is 0 Å². The summed E-state index contributed by atoms with van der Waals surface area (Å²) in [5, 5.41) is 0. The minimum Gasteiger partial charge on any atom is -0.341 e. The van der Waals surface area contributed by atoms with Crippen LogP contribution in [0.4, 0.5) is 0 Å². The third-order valence-corrected chi connectivity index (χ3v) is 2.98. The van der Waals surface area contributed by atoms with Crippen LogP contribution in [0.2, 0.25) is 0 Å². The number of hydrogen-bond donors (Lipinski definition) is 1. The van der Waals surface area contributed by atoms with Crippen LogP contribution < -0.4 is 5.73 Å². The summed E-state index contributed by atoms with van der Waals surface area (Å²) in [6, 6.07) is -0.324. The number of amides is 1. The SMILES string of the molecule is CCCN(CC1CC1)C(=O)C(N)C(C)C.Cl. The largest absolute Gasteiger partial charge is 0.341 e. The van der Waals surface area contributed by atoms with E-state index in [0.717, 1.165) is 25.4 Å². The molecule has 1 unspecified atom stereocenters. The molecule has 1 atom stereocenters. The maximum Gasteiger partial charge on any atom is 0.239 e. The summed E-state index contributed by atoms with van der Waals surface area (Å²) in [7, 11) is 0. The summed E-state index contributed by atoms with van der Waals surface area (Å²) in [4.78, 5) is 14.0. The lowest BCUT2D eigenvalue weighted by Crippen LogP contribution is -2.47. The molecule has 1 aliphatic rings. The van der Waals surface area contributed by atoms with Gasteiger partial charge in [-0.15, -0.1) is 12.4 Å². The fourth-order valence-corrected chi connectivity index (χ4v) is 1.67. The van der Waals surface area contributed by atoms with E-state index in [1.807, 2.05) is 18.7 Å². The molecule has 0 aliphatic heterocycles. The number of hydrogen-bond acceptors (Lipinski definition) is 2. The van der Waals surface area contributed by atoms with Crippen LogP contribution in [0.25, 0.3) is 0 Å². The van der Waals surface area contributed by atoms with Crippen molar-refractivity contribution in [3.63, 3.8) is 0 Å². The monoisotopic (exact) mass is 248 g/mol. The molecule has 0 aromatic carbocycles. The third kappa shape index (κ3) is 4.71. The first-order chi connectivity index (χ1) is 7.06. The molecule has 1 aliphatic carbocycles. The molecule has 1 saturated carbocycles.